The molecular formula is C20H20N4O. The van der Waals surface area contributed by atoms with Gasteiger partial charge < -0.3 is 0 Å². The number of carbonyl (C=O) groups is 1. The zero-order chi connectivity index (χ0) is 17.8. The van der Waals surface area contributed by atoms with Gasteiger partial charge >= 0.3 is 0 Å². The highest BCUT2D eigenvalue weighted by Gasteiger charge is 2.10. The molecule has 1 heterocycles. The highest BCUT2D eigenvalue weighted by molar-refractivity contribution is 5.94. The van der Waals surface area contributed by atoms with Gasteiger partial charge in [0, 0.05) is 5.56 Å². The molecule has 1 aromatic heterocycles. The molecule has 25 heavy (non-hydrogen) atoms. The van der Waals surface area contributed by atoms with Crippen LogP contribution in [-0.2, 0) is 0 Å². The van der Waals surface area contributed by atoms with E-state index in [9.17, 15) is 4.79 Å². The lowest BCUT2D eigenvalue weighted by Crippen LogP contribution is -2.18. The van der Waals surface area contributed by atoms with Gasteiger partial charge in [0.05, 0.1) is 11.9 Å². The second-order valence-corrected chi connectivity index (χ2v) is 6.02. The summed E-state index contributed by atoms with van der Waals surface area (Å²) < 4.78 is 0. The molecule has 0 fully saturated rings. The Balaban J connectivity index is 1.70. The number of aromatic amines is 1. The maximum absolute atomic E-state index is 12.2. The highest BCUT2D eigenvalue weighted by atomic mass is 16.2. The lowest BCUT2D eigenvalue weighted by atomic mass is 10.0. The molecule has 126 valence electrons. The number of aromatic nitrogens is 2. The SMILES string of the molecule is Cc1ccc(-c2cc(C(=O)N/N=C/c3ccccc3C)[nH]n2)cc1C. The minimum atomic E-state index is -0.326. The van der Waals surface area contributed by atoms with Crippen molar-refractivity contribution in [1.82, 2.24) is 15.6 Å². The Bertz CT molecular complexity index is 940. The van der Waals surface area contributed by atoms with E-state index in [4.69, 9.17) is 0 Å². The minimum absolute atomic E-state index is 0.326. The van der Waals surface area contributed by atoms with E-state index in [2.05, 4.69) is 40.6 Å². The summed E-state index contributed by atoms with van der Waals surface area (Å²) in [7, 11) is 0. The molecule has 0 saturated carbocycles. The molecule has 1 amide bonds. The third kappa shape index (κ3) is 3.83. The summed E-state index contributed by atoms with van der Waals surface area (Å²) in [5.74, 6) is -0.326. The summed E-state index contributed by atoms with van der Waals surface area (Å²) in [5, 5.41) is 11.0. The van der Waals surface area contributed by atoms with Gasteiger partial charge in [-0.25, -0.2) is 5.43 Å². The molecule has 0 aliphatic heterocycles. The van der Waals surface area contributed by atoms with Crippen molar-refractivity contribution in [3.63, 3.8) is 0 Å². The number of rotatable bonds is 4. The second-order valence-electron chi connectivity index (χ2n) is 6.02. The van der Waals surface area contributed by atoms with Crippen molar-refractivity contribution in [2.45, 2.75) is 20.8 Å². The fraction of sp³-hybridized carbons (Fsp3) is 0.150. The Hall–Kier alpha value is -3.21. The van der Waals surface area contributed by atoms with Gasteiger partial charge in [-0.05, 0) is 55.2 Å². The molecule has 0 atom stereocenters. The number of H-pyrrole nitrogens is 1. The summed E-state index contributed by atoms with van der Waals surface area (Å²) in [5.41, 5.74) is 9.07. The Kier molecular flexibility index (Phi) is 4.75. The number of carbonyl (C=O) groups excluding carboxylic acids is 1. The van der Waals surface area contributed by atoms with Crippen LogP contribution in [0.15, 0.2) is 53.6 Å². The van der Waals surface area contributed by atoms with E-state index in [1.54, 1.807) is 12.3 Å². The normalized spacial score (nSPS) is 11.0. The van der Waals surface area contributed by atoms with Crippen LogP contribution in [0.2, 0.25) is 0 Å². The van der Waals surface area contributed by atoms with Crippen molar-refractivity contribution < 1.29 is 4.79 Å². The number of hydrogen-bond donors (Lipinski definition) is 2. The van der Waals surface area contributed by atoms with E-state index in [0.717, 1.165) is 22.4 Å². The van der Waals surface area contributed by atoms with Crippen molar-refractivity contribution in [3.8, 4) is 11.3 Å². The molecule has 0 spiro atoms. The summed E-state index contributed by atoms with van der Waals surface area (Å²) in [6, 6.07) is 15.7. The van der Waals surface area contributed by atoms with E-state index in [1.165, 1.54) is 11.1 Å². The van der Waals surface area contributed by atoms with Crippen LogP contribution in [0.4, 0.5) is 0 Å². The van der Waals surface area contributed by atoms with Crippen molar-refractivity contribution >= 4 is 12.1 Å². The van der Waals surface area contributed by atoms with Crippen LogP contribution in [0.5, 0.6) is 0 Å². The first-order chi connectivity index (χ1) is 12.0. The monoisotopic (exact) mass is 332 g/mol. The Labute approximate surface area is 146 Å². The molecule has 3 rings (SSSR count). The van der Waals surface area contributed by atoms with Crippen molar-refractivity contribution in [1.29, 1.82) is 0 Å². The van der Waals surface area contributed by atoms with E-state index in [1.807, 2.05) is 43.3 Å². The van der Waals surface area contributed by atoms with Gasteiger partial charge in [0.25, 0.3) is 5.91 Å². The number of benzene rings is 2. The lowest BCUT2D eigenvalue weighted by molar-refractivity contribution is 0.0950. The molecule has 2 N–H and O–H groups in total. The van der Waals surface area contributed by atoms with Gasteiger partial charge in [0.2, 0.25) is 0 Å². The molecule has 0 aliphatic carbocycles. The molecule has 5 heteroatoms. The van der Waals surface area contributed by atoms with Gasteiger partial charge in [-0.1, -0.05) is 36.4 Å². The smallest absolute Gasteiger partial charge is 0.272 e. The summed E-state index contributed by atoms with van der Waals surface area (Å²) in [6.07, 6.45) is 1.63. The first-order valence-corrected chi connectivity index (χ1v) is 8.06. The Morgan fingerprint density at radius 1 is 1.04 bits per heavy atom. The van der Waals surface area contributed by atoms with Crippen LogP contribution in [0.1, 0.15) is 32.7 Å². The van der Waals surface area contributed by atoms with Crippen LogP contribution < -0.4 is 5.43 Å². The molecule has 0 unspecified atom stereocenters. The quantitative estimate of drug-likeness (QED) is 0.564. The number of nitrogens with one attached hydrogen (secondary N) is 2. The van der Waals surface area contributed by atoms with E-state index >= 15 is 0 Å². The van der Waals surface area contributed by atoms with Gasteiger partial charge in [0.1, 0.15) is 5.69 Å². The highest BCUT2D eigenvalue weighted by Crippen LogP contribution is 2.20. The average molecular weight is 332 g/mol. The van der Waals surface area contributed by atoms with Crippen LogP contribution in [0.25, 0.3) is 11.3 Å². The number of amides is 1. The first kappa shape index (κ1) is 16.6. The maximum Gasteiger partial charge on any atom is 0.289 e. The molecule has 0 saturated heterocycles. The predicted molar refractivity (Wildman–Crippen MR) is 99.7 cm³/mol. The molecule has 2 aromatic carbocycles. The van der Waals surface area contributed by atoms with E-state index < -0.39 is 0 Å². The van der Waals surface area contributed by atoms with Gasteiger partial charge in [-0.15, -0.1) is 0 Å². The summed E-state index contributed by atoms with van der Waals surface area (Å²) in [6.45, 7) is 6.11. The fourth-order valence-corrected chi connectivity index (χ4v) is 2.44. The number of aryl methyl sites for hydroxylation is 3. The van der Waals surface area contributed by atoms with Gasteiger partial charge in [-0.3, -0.25) is 9.89 Å². The topological polar surface area (TPSA) is 70.1 Å². The molecule has 0 radical (unpaired) electrons. The largest absolute Gasteiger partial charge is 0.289 e. The fourth-order valence-electron chi connectivity index (χ4n) is 2.44. The second kappa shape index (κ2) is 7.13. The number of hydrogen-bond acceptors (Lipinski definition) is 3. The molecular weight excluding hydrogens is 312 g/mol. The number of hydrazone groups is 1. The third-order valence-corrected chi connectivity index (χ3v) is 4.18. The molecule has 0 bridgehead atoms. The molecule has 5 nitrogen and oxygen atoms in total. The average Bonchev–Trinajstić information content (AvgIpc) is 3.09. The zero-order valence-corrected chi connectivity index (χ0v) is 14.5. The summed E-state index contributed by atoms with van der Waals surface area (Å²) in [4.78, 5) is 12.2. The minimum Gasteiger partial charge on any atom is -0.272 e. The zero-order valence-electron chi connectivity index (χ0n) is 14.5. The summed E-state index contributed by atoms with van der Waals surface area (Å²) >= 11 is 0. The standard InChI is InChI=1S/C20H20N4O/c1-13-8-9-16(10-15(13)3)18-11-19(23-22-18)20(25)24-21-12-17-7-5-4-6-14(17)2/h4-12H,1-3H3,(H,22,23)(H,24,25)/b21-12+. The van der Waals surface area contributed by atoms with E-state index in [-0.39, 0.29) is 5.91 Å². The Morgan fingerprint density at radius 3 is 2.60 bits per heavy atom. The van der Waals surface area contributed by atoms with Crippen molar-refractivity contribution in [3.05, 3.63) is 76.5 Å². The predicted octanol–water partition coefficient (Wildman–Crippen LogP) is 3.77. The maximum atomic E-state index is 12.2. The first-order valence-electron chi connectivity index (χ1n) is 8.06. The van der Waals surface area contributed by atoms with Crippen LogP contribution >= 0.6 is 0 Å². The number of nitrogens with zero attached hydrogens (tertiary/aromatic N) is 2. The van der Waals surface area contributed by atoms with Crippen LogP contribution in [-0.4, -0.2) is 22.3 Å². The lowest BCUT2D eigenvalue weighted by Gasteiger charge is -2.01. The van der Waals surface area contributed by atoms with Crippen LogP contribution in [0, 0.1) is 20.8 Å². The van der Waals surface area contributed by atoms with E-state index in [0.29, 0.717) is 5.69 Å². The van der Waals surface area contributed by atoms with Crippen molar-refractivity contribution in [2.75, 3.05) is 0 Å². The molecule has 3 aromatic rings. The van der Waals surface area contributed by atoms with Crippen molar-refractivity contribution in [2.24, 2.45) is 5.10 Å². The third-order valence-electron chi connectivity index (χ3n) is 4.18. The van der Waals surface area contributed by atoms with Gasteiger partial charge in [-0.2, -0.15) is 10.2 Å². The van der Waals surface area contributed by atoms with Crippen LogP contribution in [0.3, 0.4) is 0 Å². The van der Waals surface area contributed by atoms with Gasteiger partial charge in [0.15, 0.2) is 0 Å². The molecule has 0 aliphatic rings. The Morgan fingerprint density at radius 2 is 1.84 bits per heavy atom.